The minimum absolute atomic E-state index is 0.0596. The summed E-state index contributed by atoms with van der Waals surface area (Å²) in [6.07, 6.45) is 16.0. The number of hydrazone groups is 1. The molecule has 178 valence electrons. The van der Waals surface area contributed by atoms with Crippen molar-refractivity contribution in [1.82, 2.24) is 5.43 Å². The van der Waals surface area contributed by atoms with Gasteiger partial charge >= 0.3 is 5.97 Å². The number of ether oxygens (including phenoxy) is 1. The van der Waals surface area contributed by atoms with Gasteiger partial charge in [0, 0.05) is 6.42 Å². The molecule has 0 bridgehead atoms. The van der Waals surface area contributed by atoms with Crippen molar-refractivity contribution in [1.29, 1.82) is 0 Å². The van der Waals surface area contributed by atoms with Gasteiger partial charge < -0.3 is 4.74 Å². The minimum atomic E-state index is -0.397. The summed E-state index contributed by atoms with van der Waals surface area (Å²) in [6.45, 7) is 2.25. The molecule has 0 aromatic heterocycles. The van der Waals surface area contributed by atoms with Crippen LogP contribution < -0.4 is 10.2 Å². The third-order valence-corrected chi connectivity index (χ3v) is 5.51. The van der Waals surface area contributed by atoms with Crippen LogP contribution in [0.25, 0.3) is 0 Å². The summed E-state index contributed by atoms with van der Waals surface area (Å²) >= 11 is 0. The number of nitrogens with zero attached hydrogens (tertiary/aromatic N) is 1. The molecule has 0 radical (unpaired) electrons. The Balaban J connectivity index is 1.53. The van der Waals surface area contributed by atoms with Crippen molar-refractivity contribution in [2.45, 2.75) is 84.0 Å². The Morgan fingerprint density at radius 3 is 1.97 bits per heavy atom. The molecule has 1 amide bonds. The van der Waals surface area contributed by atoms with Gasteiger partial charge in [-0.05, 0) is 48.4 Å². The van der Waals surface area contributed by atoms with Crippen molar-refractivity contribution in [3.8, 4) is 5.75 Å². The molecule has 0 saturated carbocycles. The van der Waals surface area contributed by atoms with Crippen molar-refractivity contribution >= 4 is 18.1 Å². The van der Waals surface area contributed by atoms with Crippen LogP contribution in [-0.4, -0.2) is 18.1 Å². The van der Waals surface area contributed by atoms with Gasteiger partial charge in [0.1, 0.15) is 5.75 Å². The quantitative estimate of drug-likeness (QED) is 0.0979. The second-order valence-electron chi connectivity index (χ2n) is 8.40. The molecule has 0 aliphatic heterocycles. The Kier molecular flexibility index (Phi) is 13.3. The van der Waals surface area contributed by atoms with E-state index < -0.39 is 5.97 Å². The first-order chi connectivity index (χ1) is 16.2. The first-order valence-corrected chi connectivity index (χ1v) is 12.4. The molecule has 5 nitrogen and oxygen atoms in total. The number of hydrogen-bond donors (Lipinski definition) is 1. The number of esters is 1. The van der Waals surface area contributed by atoms with Crippen LogP contribution in [0, 0.1) is 0 Å². The molecule has 0 atom stereocenters. The maximum absolute atomic E-state index is 12.1. The van der Waals surface area contributed by atoms with Crippen LogP contribution in [0.1, 0.15) is 99.9 Å². The molecule has 2 aromatic rings. The second kappa shape index (κ2) is 16.7. The molecule has 2 rings (SSSR count). The van der Waals surface area contributed by atoms with Gasteiger partial charge in [-0.15, -0.1) is 0 Å². The zero-order valence-electron chi connectivity index (χ0n) is 19.9. The van der Waals surface area contributed by atoms with Crippen LogP contribution in [0.4, 0.5) is 0 Å². The molecular weight excluding hydrogens is 412 g/mol. The number of rotatable bonds is 16. The van der Waals surface area contributed by atoms with Gasteiger partial charge in [0.2, 0.25) is 5.91 Å². The first-order valence-electron chi connectivity index (χ1n) is 12.4. The van der Waals surface area contributed by atoms with Gasteiger partial charge in [-0.1, -0.05) is 89.3 Å². The van der Waals surface area contributed by atoms with Gasteiger partial charge in [0.15, 0.2) is 0 Å². The van der Waals surface area contributed by atoms with Gasteiger partial charge in [-0.25, -0.2) is 10.2 Å². The Labute approximate surface area is 198 Å². The molecule has 0 fully saturated rings. The van der Waals surface area contributed by atoms with Crippen LogP contribution in [0.3, 0.4) is 0 Å². The van der Waals surface area contributed by atoms with Crippen molar-refractivity contribution in [3.05, 3.63) is 65.7 Å². The van der Waals surface area contributed by atoms with Crippen molar-refractivity contribution in [2.24, 2.45) is 5.10 Å². The van der Waals surface area contributed by atoms with E-state index in [0.29, 0.717) is 17.7 Å². The van der Waals surface area contributed by atoms with Crippen molar-refractivity contribution in [2.75, 3.05) is 0 Å². The van der Waals surface area contributed by atoms with E-state index in [9.17, 15) is 9.59 Å². The highest BCUT2D eigenvalue weighted by atomic mass is 16.5. The van der Waals surface area contributed by atoms with Crippen LogP contribution in [0.5, 0.6) is 5.75 Å². The van der Waals surface area contributed by atoms with Crippen LogP contribution >= 0.6 is 0 Å². The third kappa shape index (κ3) is 12.0. The lowest BCUT2D eigenvalue weighted by Gasteiger charge is -2.04. The SMILES string of the molecule is CCCCCCCCCCCCCC(=O)N/N=C\c1ccc(OC(=O)c2ccccc2)cc1. The first kappa shape index (κ1) is 26.3. The topological polar surface area (TPSA) is 67.8 Å². The summed E-state index contributed by atoms with van der Waals surface area (Å²) in [4.78, 5) is 24.0. The van der Waals surface area contributed by atoms with Gasteiger partial charge in [-0.2, -0.15) is 5.10 Å². The number of nitrogens with one attached hydrogen (secondary N) is 1. The van der Waals surface area contributed by atoms with Crippen LogP contribution in [0.15, 0.2) is 59.7 Å². The van der Waals surface area contributed by atoms with Gasteiger partial charge in [-0.3, -0.25) is 4.79 Å². The number of amides is 1. The fraction of sp³-hybridized carbons (Fsp3) is 0.464. The average Bonchev–Trinajstić information content (AvgIpc) is 2.84. The highest BCUT2D eigenvalue weighted by Crippen LogP contribution is 2.14. The number of benzene rings is 2. The van der Waals surface area contributed by atoms with E-state index in [1.165, 1.54) is 57.8 Å². The second-order valence-corrected chi connectivity index (χ2v) is 8.40. The van der Waals surface area contributed by atoms with E-state index in [-0.39, 0.29) is 5.91 Å². The summed E-state index contributed by atoms with van der Waals surface area (Å²) < 4.78 is 5.35. The zero-order chi connectivity index (χ0) is 23.6. The zero-order valence-corrected chi connectivity index (χ0v) is 19.9. The highest BCUT2D eigenvalue weighted by Gasteiger charge is 2.07. The van der Waals surface area contributed by atoms with E-state index >= 15 is 0 Å². The molecule has 0 spiro atoms. The van der Waals surface area contributed by atoms with E-state index in [1.807, 2.05) is 6.07 Å². The summed E-state index contributed by atoms with van der Waals surface area (Å²) in [6, 6.07) is 15.8. The minimum Gasteiger partial charge on any atom is -0.423 e. The normalized spacial score (nSPS) is 10.9. The molecule has 5 heteroatoms. The molecule has 33 heavy (non-hydrogen) atoms. The average molecular weight is 451 g/mol. The molecular formula is C28H38N2O3. The monoisotopic (exact) mass is 450 g/mol. The molecule has 0 heterocycles. The lowest BCUT2D eigenvalue weighted by Crippen LogP contribution is -2.16. The predicted octanol–water partition coefficient (Wildman–Crippen LogP) is 7.06. The van der Waals surface area contributed by atoms with E-state index in [4.69, 9.17) is 4.74 Å². The van der Waals surface area contributed by atoms with Crippen LogP contribution in [-0.2, 0) is 4.79 Å². The maximum Gasteiger partial charge on any atom is 0.343 e. The molecule has 2 aromatic carbocycles. The summed E-state index contributed by atoms with van der Waals surface area (Å²) in [5.74, 6) is 0.00352. The van der Waals surface area contributed by atoms with E-state index in [2.05, 4.69) is 17.5 Å². The lowest BCUT2D eigenvalue weighted by molar-refractivity contribution is -0.121. The highest BCUT2D eigenvalue weighted by molar-refractivity contribution is 5.91. The largest absolute Gasteiger partial charge is 0.423 e. The molecule has 1 N–H and O–H groups in total. The summed E-state index contributed by atoms with van der Waals surface area (Å²) in [7, 11) is 0. The smallest absolute Gasteiger partial charge is 0.343 e. The Morgan fingerprint density at radius 2 is 1.36 bits per heavy atom. The Bertz CT molecular complexity index is 832. The van der Waals surface area contributed by atoms with Gasteiger partial charge in [0.25, 0.3) is 0 Å². The van der Waals surface area contributed by atoms with Crippen molar-refractivity contribution < 1.29 is 14.3 Å². The molecule has 0 saturated heterocycles. The number of unbranched alkanes of at least 4 members (excludes halogenated alkanes) is 10. The van der Waals surface area contributed by atoms with Crippen LogP contribution in [0.2, 0.25) is 0 Å². The molecule has 0 unspecified atom stereocenters. The Morgan fingerprint density at radius 1 is 0.788 bits per heavy atom. The third-order valence-electron chi connectivity index (χ3n) is 5.51. The Hall–Kier alpha value is -2.95. The maximum atomic E-state index is 12.1. The molecule has 0 aliphatic rings. The predicted molar refractivity (Wildman–Crippen MR) is 135 cm³/mol. The fourth-order valence-corrected chi connectivity index (χ4v) is 3.55. The number of carbonyl (C=O) groups is 2. The van der Waals surface area contributed by atoms with E-state index in [0.717, 1.165) is 18.4 Å². The standard InChI is InChI=1S/C28H38N2O3/c1-2-3-4-5-6-7-8-9-10-11-15-18-27(31)30-29-23-24-19-21-26(22-20-24)33-28(32)25-16-13-12-14-17-25/h12-14,16-17,19-23H,2-11,15,18H2,1H3,(H,30,31)/b29-23-. The van der Waals surface area contributed by atoms with E-state index in [1.54, 1.807) is 54.7 Å². The van der Waals surface area contributed by atoms with Gasteiger partial charge in [0.05, 0.1) is 11.8 Å². The lowest BCUT2D eigenvalue weighted by atomic mass is 10.1. The number of carbonyl (C=O) groups excluding carboxylic acids is 2. The molecule has 0 aliphatic carbocycles. The number of hydrogen-bond acceptors (Lipinski definition) is 4. The summed E-state index contributed by atoms with van der Waals surface area (Å²) in [5.41, 5.74) is 3.89. The fourth-order valence-electron chi connectivity index (χ4n) is 3.55. The summed E-state index contributed by atoms with van der Waals surface area (Å²) in [5, 5.41) is 4.02. The van der Waals surface area contributed by atoms with Crippen molar-refractivity contribution in [3.63, 3.8) is 0 Å².